The molecule has 2 aromatic heterocycles. The van der Waals surface area contributed by atoms with Crippen molar-refractivity contribution in [3.63, 3.8) is 0 Å². The summed E-state index contributed by atoms with van der Waals surface area (Å²) in [6, 6.07) is 7.64. The van der Waals surface area contributed by atoms with Crippen molar-refractivity contribution in [3.8, 4) is 0 Å². The van der Waals surface area contributed by atoms with Crippen molar-refractivity contribution in [1.82, 2.24) is 14.8 Å². The Morgan fingerprint density at radius 3 is 2.85 bits per heavy atom. The van der Waals surface area contributed by atoms with Crippen molar-refractivity contribution in [2.75, 3.05) is 0 Å². The van der Waals surface area contributed by atoms with Crippen LogP contribution in [0.25, 0.3) is 10.2 Å². The van der Waals surface area contributed by atoms with Crippen LogP contribution in [-0.2, 0) is 4.79 Å². The van der Waals surface area contributed by atoms with Crippen LogP contribution < -0.4 is 10.6 Å². The fraction of sp³-hybridized carbons (Fsp3) is 0.235. The maximum absolute atomic E-state index is 11.4. The van der Waals surface area contributed by atoms with E-state index < -0.39 is 5.91 Å². The number of carbonyl (C=O) groups is 1. The minimum atomic E-state index is -0.768. The predicted molar refractivity (Wildman–Crippen MR) is 101 cm³/mol. The molecule has 0 radical (unpaired) electrons. The van der Waals surface area contributed by atoms with E-state index in [4.69, 9.17) is 16.6 Å². The lowest BCUT2D eigenvalue weighted by Crippen LogP contribution is -2.24. The Labute approximate surface area is 152 Å². The normalized spacial score (nSPS) is 12.2. The first-order valence-electron chi connectivity index (χ1n) is 7.98. The van der Waals surface area contributed by atoms with Gasteiger partial charge in [0.2, 0.25) is 0 Å². The Kier molecular flexibility index (Phi) is 4.81. The second kappa shape index (κ2) is 7.04. The molecule has 3 rings (SSSR count). The van der Waals surface area contributed by atoms with Gasteiger partial charge in [0.05, 0.1) is 21.6 Å². The number of benzene rings is 1. The number of fused-ring (bicyclic) bond motifs is 1. The van der Waals surface area contributed by atoms with Gasteiger partial charge < -0.3 is 10.7 Å². The molecule has 0 saturated carbocycles. The molecule has 26 heavy (non-hydrogen) atoms. The number of aromatic nitrogens is 3. The van der Waals surface area contributed by atoms with Gasteiger partial charge in [0.25, 0.3) is 5.91 Å². The topological polar surface area (TPSA) is 141 Å². The lowest BCUT2D eigenvalue weighted by atomic mass is 9.98. The second-order valence-corrected chi connectivity index (χ2v) is 6.98. The molecule has 1 amide bonds. The highest BCUT2D eigenvalue weighted by molar-refractivity contribution is 7.16. The smallest absolute Gasteiger partial charge is 0.305 e. The lowest BCUT2D eigenvalue weighted by molar-refractivity contribution is -0.112. The fourth-order valence-electron chi connectivity index (χ4n) is 2.60. The van der Waals surface area contributed by atoms with E-state index in [9.17, 15) is 9.59 Å². The number of H-pyrrole nitrogens is 1. The number of amides is 1. The molecule has 1 atom stereocenters. The molecule has 3 aromatic rings. The van der Waals surface area contributed by atoms with Crippen LogP contribution in [-0.4, -0.2) is 32.2 Å². The summed E-state index contributed by atoms with van der Waals surface area (Å²) in [5, 5.41) is 19.9. The summed E-state index contributed by atoms with van der Waals surface area (Å²) < 4.78 is 2.34. The first-order chi connectivity index (χ1) is 12.3. The highest BCUT2D eigenvalue weighted by atomic mass is 32.1. The third-order valence-corrected chi connectivity index (χ3v) is 5.03. The number of hydrogen-bond acceptors (Lipinski definition) is 6. The summed E-state index contributed by atoms with van der Waals surface area (Å²) in [6.07, 6.45) is 2.01. The van der Waals surface area contributed by atoms with Crippen molar-refractivity contribution in [1.29, 1.82) is 10.8 Å². The van der Waals surface area contributed by atoms with Crippen LogP contribution in [0.3, 0.4) is 0 Å². The summed E-state index contributed by atoms with van der Waals surface area (Å²) in [5.74, 6) is -0.585. The highest BCUT2D eigenvalue weighted by Gasteiger charge is 2.15. The van der Waals surface area contributed by atoms with Crippen molar-refractivity contribution in [2.45, 2.75) is 25.7 Å². The number of thiazole rings is 1. The molecule has 0 spiro atoms. The maximum Gasteiger partial charge on any atom is 0.305 e. The first kappa shape index (κ1) is 17.7. The van der Waals surface area contributed by atoms with E-state index in [-0.39, 0.29) is 35.2 Å². The van der Waals surface area contributed by atoms with E-state index in [1.54, 1.807) is 6.20 Å². The number of nitrogens with one attached hydrogen (secondary N) is 3. The molecule has 1 aromatic carbocycles. The molecule has 0 saturated heterocycles. The van der Waals surface area contributed by atoms with Gasteiger partial charge in [0.15, 0.2) is 0 Å². The number of aromatic amines is 1. The number of nitrogens with zero attached hydrogens (tertiary/aromatic N) is 2. The minimum absolute atomic E-state index is 0.00503. The molecule has 0 aliphatic rings. The summed E-state index contributed by atoms with van der Waals surface area (Å²) in [5.41, 5.74) is 7.47. The van der Waals surface area contributed by atoms with E-state index in [0.717, 1.165) is 21.5 Å². The van der Waals surface area contributed by atoms with Crippen LogP contribution in [0.1, 0.15) is 36.9 Å². The van der Waals surface area contributed by atoms with Gasteiger partial charge in [-0.25, -0.2) is 4.68 Å². The highest BCUT2D eigenvalue weighted by Crippen LogP contribution is 2.26. The maximum atomic E-state index is 11.4. The van der Waals surface area contributed by atoms with Crippen LogP contribution in [0, 0.1) is 10.8 Å². The summed E-state index contributed by atoms with van der Waals surface area (Å²) >= 11 is 1.17. The summed E-state index contributed by atoms with van der Waals surface area (Å²) in [7, 11) is 0. The zero-order valence-corrected chi connectivity index (χ0v) is 14.9. The van der Waals surface area contributed by atoms with E-state index >= 15 is 0 Å². The van der Waals surface area contributed by atoms with Crippen LogP contribution in [0.2, 0.25) is 0 Å². The Bertz CT molecular complexity index is 1060. The third kappa shape index (κ3) is 3.62. The van der Waals surface area contributed by atoms with E-state index in [0.29, 0.717) is 0 Å². The summed E-state index contributed by atoms with van der Waals surface area (Å²) in [6.45, 7) is 2.01. The molecular weight excluding hydrogens is 352 g/mol. The van der Waals surface area contributed by atoms with Crippen LogP contribution in [0.15, 0.2) is 35.3 Å². The minimum Gasteiger partial charge on any atom is -0.365 e. The van der Waals surface area contributed by atoms with Crippen LogP contribution in [0.4, 0.5) is 0 Å². The van der Waals surface area contributed by atoms with Gasteiger partial charge in [0.1, 0.15) is 5.84 Å². The third-order valence-electron chi connectivity index (χ3n) is 4.18. The fourth-order valence-corrected chi connectivity index (χ4v) is 3.39. The quantitative estimate of drug-likeness (QED) is 0.389. The molecule has 1 unspecified atom stereocenters. The van der Waals surface area contributed by atoms with E-state index in [1.165, 1.54) is 16.0 Å². The monoisotopic (exact) mass is 370 g/mol. The van der Waals surface area contributed by atoms with Gasteiger partial charge >= 0.3 is 4.87 Å². The average molecular weight is 370 g/mol. The molecular formula is C17H18N6O2S. The van der Waals surface area contributed by atoms with Gasteiger partial charge in [-0.3, -0.25) is 20.4 Å². The van der Waals surface area contributed by atoms with Gasteiger partial charge in [-0.2, -0.15) is 5.10 Å². The van der Waals surface area contributed by atoms with E-state index in [2.05, 4.69) is 10.1 Å². The van der Waals surface area contributed by atoms with Crippen molar-refractivity contribution >= 4 is 39.0 Å². The van der Waals surface area contributed by atoms with Crippen LogP contribution >= 0.6 is 11.3 Å². The number of nitrogens with two attached hydrogens (primary N) is 1. The van der Waals surface area contributed by atoms with Crippen molar-refractivity contribution < 1.29 is 4.79 Å². The Morgan fingerprint density at radius 1 is 1.35 bits per heavy atom. The zero-order valence-electron chi connectivity index (χ0n) is 14.1. The zero-order chi connectivity index (χ0) is 18.8. The average Bonchev–Trinajstić information content (AvgIpc) is 3.23. The van der Waals surface area contributed by atoms with Gasteiger partial charge in [-0.05, 0) is 23.8 Å². The Hall–Kier alpha value is -3.07. The molecule has 8 nitrogen and oxygen atoms in total. The Morgan fingerprint density at radius 2 is 2.12 bits per heavy atom. The molecule has 9 heteroatoms. The molecule has 0 fully saturated rings. The molecule has 2 heterocycles. The number of hydrogen-bond donors (Lipinski definition) is 4. The second-order valence-electron chi connectivity index (χ2n) is 5.97. The largest absolute Gasteiger partial charge is 0.365 e. The standard InChI is InChI=1S/C17H18N6O2S/c1-9(10-2-4-13-14(8-10)26-17(25)21-13)12-6-7-23(22-12)15(19)5-3-11(18)16(20)24/h2,4,6-9,18-19H,3,5H2,1H3,(H2,20,24)(H,21,25). The number of primary amides is 1. The van der Waals surface area contributed by atoms with Crippen LogP contribution in [0.5, 0.6) is 0 Å². The molecule has 0 aliphatic heterocycles. The number of carbonyl (C=O) groups excluding carboxylic acids is 1. The van der Waals surface area contributed by atoms with Gasteiger partial charge in [-0.15, -0.1) is 0 Å². The van der Waals surface area contributed by atoms with E-state index in [1.807, 2.05) is 31.2 Å². The first-order valence-corrected chi connectivity index (χ1v) is 8.80. The van der Waals surface area contributed by atoms with Gasteiger partial charge in [-0.1, -0.05) is 24.3 Å². The SMILES string of the molecule is CC(c1ccc2[nH]c(=O)sc2c1)c1ccn(C(=N)CCC(=N)C(N)=O)n1. The Balaban J connectivity index is 1.75. The molecule has 134 valence electrons. The molecule has 5 N–H and O–H groups in total. The van der Waals surface area contributed by atoms with Crippen molar-refractivity contribution in [2.24, 2.45) is 5.73 Å². The molecule has 0 bridgehead atoms. The predicted octanol–water partition coefficient (Wildman–Crippen LogP) is 2.05. The lowest BCUT2D eigenvalue weighted by Gasteiger charge is -2.09. The van der Waals surface area contributed by atoms with Gasteiger partial charge in [0, 0.05) is 25.0 Å². The van der Waals surface area contributed by atoms with Crippen molar-refractivity contribution in [3.05, 3.63) is 51.4 Å². The molecule has 0 aliphatic carbocycles. The number of rotatable bonds is 6. The summed E-state index contributed by atoms with van der Waals surface area (Å²) in [4.78, 5) is 25.0.